The zero-order chi connectivity index (χ0) is 11.3. The van der Waals surface area contributed by atoms with Crippen LogP contribution in [0.2, 0.25) is 0 Å². The SMILES string of the molecule is COC(=O)C(=[N+]=[N-])c1ccccc1CN. The van der Waals surface area contributed by atoms with E-state index in [2.05, 4.69) is 9.53 Å². The van der Waals surface area contributed by atoms with E-state index in [0.29, 0.717) is 5.56 Å². The standard InChI is InChI=1S/C10H11N3O2/c1-15-10(14)9(13-12)8-5-3-2-4-7(8)6-11/h2-5H,6,11H2,1H3. The molecule has 5 nitrogen and oxygen atoms in total. The summed E-state index contributed by atoms with van der Waals surface area (Å²) in [5.41, 5.74) is 15.3. The van der Waals surface area contributed by atoms with Crippen LogP contribution in [0.5, 0.6) is 0 Å². The molecule has 0 heterocycles. The molecule has 1 aromatic rings. The van der Waals surface area contributed by atoms with Crippen LogP contribution in [0, 0.1) is 0 Å². The molecule has 0 atom stereocenters. The van der Waals surface area contributed by atoms with Gasteiger partial charge in [-0.25, -0.2) is 4.79 Å². The molecular weight excluding hydrogens is 194 g/mol. The van der Waals surface area contributed by atoms with Crippen molar-refractivity contribution < 1.29 is 14.3 Å². The molecule has 5 heteroatoms. The van der Waals surface area contributed by atoms with E-state index in [1.807, 2.05) is 0 Å². The highest BCUT2D eigenvalue weighted by atomic mass is 16.5. The largest absolute Gasteiger partial charge is 0.460 e. The van der Waals surface area contributed by atoms with Crippen LogP contribution >= 0.6 is 0 Å². The van der Waals surface area contributed by atoms with Crippen LogP contribution in [-0.2, 0) is 16.1 Å². The van der Waals surface area contributed by atoms with Gasteiger partial charge in [0.25, 0.3) is 0 Å². The van der Waals surface area contributed by atoms with Crippen molar-refractivity contribution in [1.82, 2.24) is 0 Å². The summed E-state index contributed by atoms with van der Waals surface area (Å²) in [6.45, 7) is 0.256. The van der Waals surface area contributed by atoms with Gasteiger partial charge < -0.3 is 16.0 Å². The van der Waals surface area contributed by atoms with Crippen LogP contribution in [-0.4, -0.2) is 23.6 Å². The maximum atomic E-state index is 11.3. The number of hydrogen-bond acceptors (Lipinski definition) is 3. The summed E-state index contributed by atoms with van der Waals surface area (Å²) in [5.74, 6) is -0.696. The molecule has 1 aromatic carbocycles. The third kappa shape index (κ3) is 2.28. The zero-order valence-corrected chi connectivity index (χ0v) is 8.30. The van der Waals surface area contributed by atoms with Crippen LogP contribution in [0.1, 0.15) is 11.1 Å². The number of methoxy groups -OCH3 is 1. The first-order valence-electron chi connectivity index (χ1n) is 4.33. The van der Waals surface area contributed by atoms with E-state index in [1.165, 1.54) is 7.11 Å². The van der Waals surface area contributed by atoms with E-state index in [4.69, 9.17) is 11.3 Å². The molecular formula is C10H11N3O2. The number of benzene rings is 1. The van der Waals surface area contributed by atoms with Crippen LogP contribution in [0.3, 0.4) is 0 Å². The van der Waals surface area contributed by atoms with E-state index in [1.54, 1.807) is 24.3 Å². The number of nitrogens with two attached hydrogens (primary N) is 1. The lowest BCUT2D eigenvalue weighted by atomic mass is 10.0. The fourth-order valence-electron chi connectivity index (χ4n) is 1.23. The second kappa shape index (κ2) is 5.05. The first-order valence-corrected chi connectivity index (χ1v) is 4.33. The van der Waals surface area contributed by atoms with Gasteiger partial charge in [-0.15, -0.1) is 0 Å². The molecule has 15 heavy (non-hydrogen) atoms. The molecule has 0 amide bonds. The Morgan fingerprint density at radius 1 is 1.53 bits per heavy atom. The van der Waals surface area contributed by atoms with Gasteiger partial charge >= 0.3 is 11.7 Å². The van der Waals surface area contributed by atoms with Crippen molar-refractivity contribution in [3.63, 3.8) is 0 Å². The normalized spacial score (nSPS) is 9.20. The van der Waals surface area contributed by atoms with Gasteiger partial charge in [0.2, 0.25) is 0 Å². The molecule has 0 aliphatic heterocycles. The fraction of sp³-hybridized carbons (Fsp3) is 0.200. The topological polar surface area (TPSA) is 88.7 Å². The molecule has 0 saturated heterocycles. The van der Waals surface area contributed by atoms with Gasteiger partial charge in [0.05, 0.1) is 12.7 Å². The van der Waals surface area contributed by atoms with E-state index in [-0.39, 0.29) is 12.3 Å². The predicted octanol–water partition coefficient (Wildman–Crippen LogP) is 0.337. The Kier molecular flexibility index (Phi) is 3.74. The lowest BCUT2D eigenvalue weighted by Crippen LogP contribution is -2.20. The Bertz CT molecular complexity index is 422. The quantitative estimate of drug-likeness (QED) is 0.334. The Balaban J connectivity index is 3.25. The molecule has 0 bridgehead atoms. The molecule has 78 valence electrons. The highest BCUT2D eigenvalue weighted by molar-refractivity contribution is 6.41. The monoisotopic (exact) mass is 205 g/mol. The number of carbonyl (C=O) groups excluding carboxylic acids is 1. The molecule has 0 aromatic heterocycles. The van der Waals surface area contributed by atoms with Crippen LogP contribution < -0.4 is 5.73 Å². The minimum Gasteiger partial charge on any atom is -0.460 e. The van der Waals surface area contributed by atoms with Crippen molar-refractivity contribution >= 4 is 11.7 Å². The van der Waals surface area contributed by atoms with E-state index < -0.39 is 5.97 Å². The molecule has 1 rings (SSSR count). The average Bonchev–Trinajstić information content (AvgIpc) is 2.30. The number of rotatable bonds is 3. The first kappa shape index (κ1) is 11.1. The van der Waals surface area contributed by atoms with Gasteiger partial charge in [0, 0.05) is 6.54 Å². The Morgan fingerprint density at radius 3 is 2.73 bits per heavy atom. The lowest BCUT2D eigenvalue weighted by Gasteiger charge is -2.01. The number of carbonyl (C=O) groups is 1. The smallest absolute Gasteiger partial charge is 0.422 e. The Labute approximate surface area is 87.1 Å². The van der Waals surface area contributed by atoms with Gasteiger partial charge in [-0.2, -0.15) is 4.79 Å². The Morgan fingerprint density at radius 2 is 2.20 bits per heavy atom. The minimum atomic E-state index is -0.696. The number of hydrogen-bond donors (Lipinski definition) is 1. The molecule has 0 radical (unpaired) electrons. The van der Waals surface area contributed by atoms with Gasteiger partial charge in [-0.3, -0.25) is 0 Å². The summed E-state index contributed by atoms with van der Waals surface area (Å²) in [6.07, 6.45) is 0. The fourth-order valence-corrected chi connectivity index (χ4v) is 1.23. The van der Waals surface area contributed by atoms with Gasteiger partial charge in [-0.05, 0) is 11.6 Å². The number of nitrogens with zero attached hydrogens (tertiary/aromatic N) is 2. The summed E-state index contributed by atoms with van der Waals surface area (Å²) in [5, 5.41) is 0. The van der Waals surface area contributed by atoms with Crippen LogP contribution in [0.25, 0.3) is 5.53 Å². The lowest BCUT2D eigenvalue weighted by molar-refractivity contribution is -0.137. The van der Waals surface area contributed by atoms with Crippen molar-refractivity contribution in [2.24, 2.45) is 5.73 Å². The van der Waals surface area contributed by atoms with Crippen molar-refractivity contribution in [2.75, 3.05) is 7.11 Å². The molecule has 0 aliphatic rings. The summed E-state index contributed by atoms with van der Waals surface area (Å²) in [7, 11) is 1.22. The maximum absolute atomic E-state index is 11.3. The second-order valence-electron chi connectivity index (χ2n) is 2.80. The minimum absolute atomic E-state index is 0.140. The summed E-state index contributed by atoms with van der Waals surface area (Å²) < 4.78 is 4.49. The molecule has 0 spiro atoms. The first-order chi connectivity index (χ1) is 7.24. The van der Waals surface area contributed by atoms with Crippen molar-refractivity contribution in [3.05, 3.63) is 40.9 Å². The highest BCUT2D eigenvalue weighted by Gasteiger charge is 2.25. The van der Waals surface area contributed by atoms with Gasteiger partial charge in [-0.1, -0.05) is 18.2 Å². The number of ether oxygens (including phenoxy) is 1. The van der Waals surface area contributed by atoms with E-state index >= 15 is 0 Å². The summed E-state index contributed by atoms with van der Waals surface area (Å²) in [6, 6.07) is 6.91. The summed E-state index contributed by atoms with van der Waals surface area (Å²) >= 11 is 0. The molecule has 0 saturated carbocycles. The van der Waals surface area contributed by atoms with Crippen molar-refractivity contribution in [3.8, 4) is 0 Å². The Hall–Kier alpha value is -1.97. The van der Waals surface area contributed by atoms with E-state index in [9.17, 15) is 4.79 Å². The zero-order valence-electron chi connectivity index (χ0n) is 8.30. The molecule has 0 aliphatic carbocycles. The summed E-state index contributed by atoms with van der Waals surface area (Å²) in [4.78, 5) is 14.2. The van der Waals surface area contributed by atoms with E-state index in [0.717, 1.165) is 5.56 Å². The van der Waals surface area contributed by atoms with Crippen LogP contribution in [0.4, 0.5) is 0 Å². The predicted molar refractivity (Wildman–Crippen MR) is 54.1 cm³/mol. The molecule has 0 fully saturated rings. The van der Waals surface area contributed by atoms with Gasteiger partial charge in [0.15, 0.2) is 0 Å². The van der Waals surface area contributed by atoms with Crippen molar-refractivity contribution in [2.45, 2.75) is 6.54 Å². The van der Waals surface area contributed by atoms with Crippen molar-refractivity contribution in [1.29, 1.82) is 0 Å². The second-order valence-corrected chi connectivity index (χ2v) is 2.80. The molecule has 0 unspecified atom stereocenters. The molecule has 2 N–H and O–H groups in total. The third-order valence-corrected chi connectivity index (χ3v) is 1.97. The maximum Gasteiger partial charge on any atom is 0.422 e. The van der Waals surface area contributed by atoms with Crippen LogP contribution in [0.15, 0.2) is 24.3 Å². The highest BCUT2D eigenvalue weighted by Crippen LogP contribution is 2.09. The third-order valence-electron chi connectivity index (χ3n) is 1.97. The number of esters is 1. The average molecular weight is 205 g/mol. The van der Waals surface area contributed by atoms with Gasteiger partial charge in [0.1, 0.15) is 0 Å².